The molecule has 0 atom stereocenters. The van der Waals surface area contributed by atoms with Crippen LogP contribution in [0.25, 0.3) is 44.1 Å². The molecule has 244 valence electrons. The number of aromatic amines is 1. The zero-order chi connectivity index (χ0) is 34.7. The first-order valence-electron chi connectivity index (χ1n) is 15.8. The number of hydrogen-bond acceptors (Lipinski definition) is 5. The van der Waals surface area contributed by atoms with Gasteiger partial charge in [0.15, 0.2) is 0 Å². The number of nitrogens with one attached hydrogen (secondary N) is 2. The first-order valence-corrected chi connectivity index (χ1v) is 16.2. The van der Waals surface area contributed by atoms with E-state index in [0.29, 0.717) is 21.5 Å². The standard InChI is InChI=1S/C24H20ClN3O2.C16H14N2O/c1-15-7-8-16(2)21(13-15)23-19-5-3-4-6-20(19)24(30)28(27-23)26-22(29)14-17-9-11-18(25)12-10-17;1-10-7-8-11(2)14(9-10)15-12-5-3-4-6-13(12)16(19)18-17-15/h3-13H,14H2,1-2H3,(H,26,29);3-9H,1-2H3,(H,18,19). The van der Waals surface area contributed by atoms with Crippen molar-refractivity contribution >= 4 is 39.1 Å². The summed E-state index contributed by atoms with van der Waals surface area (Å²) >= 11 is 5.90. The molecule has 2 heterocycles. The maximum Gasteiger partial charge on any atom is 0.294 e. The van der Waals surface area contributed by atoms with Crippen LogP contribution in [0, 0.1) is 27.7 Å². The summed E-state index contributed by atoms with van der Waals surface area (Å²) in [5.74, 6) is -0.339. The molecule has 0 unspecified atom stereocenters. The SMILES string of the molecule is Cc1ccc(C)c(-c2n[nH]c(=O)c3ccccc23)c1.Cc1ccc(C)c(-c2nn(NC(=O)Cc3ccc(Cl)cc3)c(=O)c3ccccc23)c1. The average Bonchev–Trinajstić information content (AvgIpc) is 3.10. The zero-order valence-electron chi connectivity index (χ0n) is 27.5. The molecule has 5 aromatic carbocycles. The van der Waals surface area contributed by atoms with Gasteiger partial charge < -0.3 is 0 Å². The smallest absolute Gasteiger partial charge is 0.273 e. The summed E-state index contributed by atoms with van der Waals surface area (Å²) in [6, 6.07) is 34.2. The van der Waals surface area contributed by atoms with Gasteiger partial charge in [-0.2, -0.15) is 5.10 Å². The molecule has 0 spiro atoms. The fourth-order valence-corrected chi connectivity index (χ4v) is 5.84. The summed E-state index contributed by atoms with van der Waals surface area (Å²) in [5, 5.41) is 14.8. The van der Waals surface area contributed by atoms with Crippen molar-refractivity contribution in [1.82, 2.24) is 20.1 Å². The highest BCUT2D eigenvalue weighted by Crippen LogP contribution is 2.29. The number of carbonyl (C=O) groups is 1. The first kappa shape index (κ1) is 33.1. The summed E-state index contributed by atoms with van der Waals surface area (Å²) < 4.78 is 0. The van der Waals surface area contributed by atoms with E-state index >= 15 is 0 Å². The first-order chi connectivity index (χ1) is 23.6. The quantitative estimate of drug-likeness (QED) is 0.194. The lowest BCUT2D eigenvalue weighted by atomic mass is 9.99. The lowest BCUT2D eigenvalue weighted by Gasteiger charge is -2.14. The molecule has 2 N–H and O–H groups in total. The number of nitrogens with zero attached hydrogens (tertiary/aromatic N) is 3. The molecular formula is C40H34ClN5O3. The summed E-state index contributed by atoms with van der Waals surface area (Å²) in [4.78, 5) is 38.4. The van der Waals surface area contributed by atoms with E-state index in [1.165, 1.54) is 5.56 Å². The van der Waals surface area contributed by atoms with Gasteiger partial charge in [0, 0.05) is 26.9 Å². The van der Waals surface area contributed by atoms with Crippen molar-refractivity contribution in [2.75, 3.05) is 5.43 Å². The molecule has 9 heteroatoms. The van der Waals surface area contributed by atoms with Crippen LogP contribution in [0.4, 0.5) is 0 Å². The van der Waals surface area contributed by atoms with Gasteiger partial charge in [-0.15, -0.1) is 9.89 Å². The van der Waals surface area contributed by atoms with Gasteiger partial charge in [-0.3, -0.25) is 14.4 Å². The van der Waals surface area contributed by atoms with Crippen LogP contribution in [-0.4, -0.2) is 26.0 Å². The van der Waals surface area contributed by atoms with E-state index < -0.39 is 0 Å². The minimum absolute atomic E-state index is 0.108. The number of carbonyl (C=O) groups excluding carboxylic acids is 1. The third kappa shape index (κ3) is 7.20. The van der Waals surface area contributed by atoms with Gasteiger partial charge in [0.1, 0.15) is 5.69 Å². The predicted octanol–water partition coefficient (Wildman–Crippen LogP) is 7.85. The van der Waals surface area contributed by atoms with Gasteiger partial charge in [0.25, 0.3) is 11.1 Å². The van der Waals surface area contributed by atoms with Crippen LogP contribution < -0.4 is 16.5 Å². The minimum Gasteiger partial charge on any atom is -0.273 e. The number of fused-ring (bicyclic) bond motifs is 2. The van der Waals surface area contributed by atoms with Crippen LogP contribution in [0.5, 0.6) is 0 Å². The predicted molar refractivity (Wildman–Crippen MR) is 198 cm³/mol. The summed E-state index contributed by atoms with van der Waals surface area (Å²) in [6.45, 7) is 8.11. The maximum absolute atomic E-state index is 13.0. The monoisotopic (exact) mass is 667 g/mol. The highest BCUT2D eigenvalue weighted by molar-refractivity contribution is 6.30. The largest absolute Gasteiger partial charge is 0.294 e. The second-order valence-electron chi connectivity index (χ2n) is 12.0. The highest BCUT2D eigenvalue weighted by Gasteiger charge is 2.16. The highest BCUT2D eigenvalue weighted by atomic mass is 35.5. The molecule has 7 aromatic rings. The Labute approximate surface area is 288 Å². The average molecular weight is 668 g/mol. The topological polar surface area (TPSA) is 110 Å². The van der Waals surface area contributed by atoms with Crippen molar-refractivity contribution in [1.29, 1.82) is 0 Å². The van der Waals surface area contributed by atoms with Crippen LogP contribution in [0.1, 0.15) is 27.8 Å². The Morgan fingerprint density at radius 3 is 1.84 bits per heavy atom. The van der Waals surface area contributed by atoms with Gasteiger partial charge >= 0.3 is 0 Å². The van der Waals surface area contributed by atoms with Crippen molar-refractivity contribution in [2.24, 2.45) is 0 Å². The maximum atomic E-state index is 13.0. The third-order valence-electron chi connectivity index (χ3n) is 8.31. The van der Waals surface area contributed by atoms with E-state index in [0.717, 1.165) is 54.6 Å². The molecule has 0 saturated heterocycles. The molecule has 0 radical (unpaired) electrons. The third-order valence-corrected chi connectivity index (χ3v) is 8.56. The van der Waals surface area contributed by atoms with Gasteiger partial charge in [0.2, 0.25) is 5.91 Å². The molecule has 0 aliphatic carbocycles. The van der Waals surface area contributed by atoms with Crippen molar-refractivity contribution in [3.05, 3.63) is 163 Å². The van der Waals surface area contributed by atoms with Gasteiger partial charge in [-0.1, -0.05) is 95.5 Å². The second kappa shape index (κ2) is 14.1. The minimum atomic E-state index is -0.371. The number of aromatic nitrogens is 4. The van der Waals surface area contributed by atoms with Crippen LogP contribution >= 0.6 is 11.6 Å². The number of halogens is 1. The Bertz CT molecular complexity index is 2470. The van der Waals surface area contributed by atoms with Gasteiger partial charge in [-0.05, 0) is 80.8 Å². The number of benzene rings is 5. The van der Waals surface area contributed by atoms with E-state index in [2.05, 4.69) is 52.8 Å². The normalized spacial score (nSPS) is 10.9. The van der Waals surface area contributed by atoms with E-state index in [9.17, 15) is 14.4 Å². The van der Waals surface area contributed by atoms with E-state index in [1.807, 2.05) is 68.4 Å². The van der Waals surface area contributed by atoms with Crippen molar-refractivity contribution in [3.8, 4) is 22.5 Å². The number of hydrogen-bond donors (Lipinski definition) is 2. The number of rotatable bonds is 5. The number of H-pyrrole nitrogens is 1. The van der Waals surface area contributed by atoms with Crippen molar-refractivity contribution in [3.63, 3.8) is 0 Å². The number of amides is 1. The number of aryl methyl sites for hydroxylation is 4. The molecule has 49 heavy (non-hydrogen) atoms. The van der Waals surface area contributed by atoms with E-state index in [-0.39, 0.29) is 23.4 Å². The van der Waals surface area contributed by atoms with Crippen LogP contribution in [0.2, 0.25) is 5.02 Å². The summed E-state index contributed by atoms with van der Waals surface area (Å²) in [5.41, 5.74) is 10.8. The summed E-state index contributed by atoms with van der Waals surface area (Å²) in [7, 11) is 0. The molecule has 0 aliphatic heterocycles. The van der Waals surface area contributed by atoms with Gasteiger partial charge in [-0.25, -0.2) is 10.5 Å². The molecule has 0 fully saturated rings. The molecule has 0 aliphatic rings. The fourth-order valence-electron chi connectivity index (χ4n) is 5.71. The van der Waals surface area contributed by atoms with Crippen molar-refractivity contribution in [2.45, 2.75) is 34.1 Å². The Balaban J connectivity index is 0.000000188. The zero-order valence-corrected chi connectivity index (χ0v) is 28.3. The Hall–Kier alpha value is -5.86. The van der Waals surface area contributed by atoms with Crippen LogP contribution in [0.3, 0.4) is 0 Å². The summed E-state index contributed by atoms with van der Waals surface area (Å²) in [6.07, 6.45) is 0.108. The van der Waals surface area contributed by atoms with E-state index in [1.54, 1.807) is 36.4 Å². The Morgan fingerprint density at radius 1 is 0.694 bits per heavy atom. The van der Waals surface area contributed by atoms with Crippen LogP contribution in [0.15, 0.2) is 119 Å². The Kier molecular flexibility index (Phi) is 9.51. The molecule has 1 amide bonds. The van der Waals surface area contributed by atoms with Crippen LogP contribution in [-0.2, 0) is 11.2 Å². The molecule has 2 aromatic heterocycles. The molecule has 0 bridgehead atoms. The van der Waals surface area contributed by atoms with E-state index in [4.69, 9.17) is 11.6 Å². The molecule has 0 saturated carbocycles. The molecule has 8 nitrogen and oxygen atoms in total. The lowest BCUT2D eigenvalue weighted by molar-refractivity contribution is -0.116. The second-order valence-corrected chi connectivity index (χ2v) is 12.5. The van der Waals surface area contributed by atoms with Gasteiger partial charge in [0.05, 0.1) is 22.9 Å². The Morgan fingerprint density at radius 2 is 1.22 bits per heavy atom. The molecular weight excluding hydrogens is 634 g/mol. The van der Waals surface area contributed by atoms with Crippen molar-refractivity contribution < 1.29 is 4.79 Å². The molecule has 7 rings (SSSR count). The lowest BCUT2D eigenvalue weighted by Crippen LogP contribution is -2.36. The fraction of sp³-hybridized carbons (Fsp3) is 0.125.